The molecule has 28 heavy (non-hydrogen) atoms. The molecule has 2 rings (SSSR count). The molecule has 0 fully saturated rings. The number of methoxy groups -OCH3 is 3. The Morgan fingerprint density at radius 3 is 2.18 bits per heavy atom. The molecule has 2 N–H and O–H groups in total. The Morgan fingerprint density at radius 2 is 1.64 bits per heavy atom. The lowest BCUT2D eigenvalue weighted by atomic mass is 10.2. The van der Waals surface area contributed by atoms with Crippen molar-refractivity contribution in [1.82, 2.24) is 5.43 Å². The van der Waals surface area contributed by atoms with E-state index in [0.29, 0.717) is 33.5 Å². The Balaban J connectivity index is 2.05. The van der Waals surface area contributed by atoms with Crippen molar-refractivity contribution in [3.8, 4) is 17.2 Å². The number of carbonyl (C=O) groups excluding carboxylic acids is 2. The number of aryl methyl sites for hydroxylation is 1. The summed E-state index contributed by atoms with van der Waals surface area (Å²) in [6.45, 7) is 1.77. The van der Waals surface area contributed by atoms with E-state index in [9.17, 15) is 9.59 Å². The van der Waals surface area contributed by atoms with E-state index >= 15 is 0 Å². The zero-order chi connectivity index (χ0) is 20.7. The fraction of sp³-hybridized carbons (Fsp3) is 0.211. The monoisotopic (exact) mass is 405 g/mol. The number of anilines is 1. The fourth-order valence-electron chi connectivity index (χ4n) is 2.34. The van der Waals surface area contributed by atoms with Gasteiger partial charge < -0.3 is 19.5 Å². The summed E-state index contributed by atoms with van der Waals surface area (Å²) in [7, 11) is 4.47. The second kappa shape index (κ2) is 9.61. The first-order chi connectivity index (χ1) is 13.4. The molecule has 0 unspecified atom stereocenters. The highest BCUT2D eigenvalue weighted by molar-refractivity contribution is 6.39. The number of amides is 2. The topological polar surface area (TPSA) is 98.2 Å². The molecule has 0 aliphatic rings. The van der Waals surface area contributed by atoms with Crippen LogP contribution < -0.4 is 25.0 Å². The van der Waals surface area contributed by atoms with E-state index in [-0.39, 0.29) is 0 Å². The van der Waals surface area contributed by atoms with Gasteiger partial charge in [0, 0.05) is 16.3 Å². The van der Waals surface area contributed by atoms with Crippen LogP contribution in [0.2, 0.25) is 5.02 Å². The molecular weight excluding hydrogens is 386 g/mol. The lowest BCUT2D eigenvalue weighted by Crippen LogP contribution is -2.32. The molecule has 0 heterocycles. The highest BCUT2D eigenvalue weighted by Crippen LogP contribution is 2.37. The Labute approximate surface area is 167 Å². The summed E-state index contributed by atoms with van der Waals surface area (Å²) in [5, 5.41) is 6.82. The summed E-state index contributed by atoms with van der Waals surface area (Å²) in [4.78, 5) is 23.9. The van der Waals surface area contributed by atoms with Gasteiger partial charge in [-0.2, -0.15) is 5.10 Å². The molecular formula is C19H20ClN3O5. The van der Waals surface area contributed by atoms with E-state index in [1.165, 1.54) is 27.5 Å². The average Bonchev–Trinajstić information content (AvgIpc) is 2.68. The number of hydrogen-bond donors (Lipinski definition) is 2. The highest BCUT2D eigenvalue weighted by Gasteiger charge is 2.15. The number of ether oxygens (including phenoxy) is 3. The van der Waals surface area contributed by atoms with Crippen molar-refractivity contribution in [2.45, 2.75) is 6.92 Å². The number of nitrogens with zero attached hydrogens (tertiary/aromatic N) is 1. The molecule has 0 saturated carbocycles. The number of nitrogens with one attached hydrogen (secondary N) is 2. The molecule has 8 nitrogen and oxygen atoms in total. The van der Waals surface area contributed by atoms with Crippen molar-refractivity contribution in [1.29, 1.82) is 0 Å². The minimum atomic E-state index is -0.918. The van der Waals surface area contributed by atoms with Crippen molar-refractivity contribution in [3.63, 3.8) is 0 Å². The highest BCUT2D eigenvalue weighted by atomic mass is 35.5. The number of rotatable bonds is 6. The molecule has 0 atom stereocenters. The van der Waals surface area contributed by atoms with Crippen LogP contribution in [-0.2, 0) is 9.59 Å². The standard InChI is InChI=1S/C19H20ClN3O5/c1-11-7-13(20)5-6-14(11)22-18(24)19(25)23-21-10-12-8-15(26-2)17(28-4)16(9-12)27-3/h5-10H,1-4H3,(H,22,24)(H,23,25)/b21-10-. The molecule has 0 aromatic heterocycles. The smallest absolute Gasteiger partial charge is 0.329 e. The minimum Gasteiger partial charge on any atom is -0.493 e. The number of halogens is 1. The summed E-state index contributed by atoms with van der Waals surface area (Å²) in [5.41, 5.74) is 3.95. The maximum absolute atomic E-state index is 12.0. The van der Waals surface area contributed by atoms with E-state index in [1.54, 1.807) is 37.3 Å². The van der Waals surface area contributed by atoms with Crippen molar-refractivity contribution in [3.05, 3.63) is 46.5 Å². The zero-order valence-electron chi connectivity index (χ0n) is 15.8. The number of hydrazone groups is 1. The largest absolute Gasteiger partial charge is 0.493 e. The molecule has 2 amide bonds. The van der Waals surface area contributed by atoms with Gasteiger partial charge in [-0.1, -0.05) is 11.6 Å². The fourth-order valence-corrected chi connectivity index (χ4v) is 2.57. The quantitative estimate of drug-likeness (QED) is 0.437. The van der Waals surface area contributed by atoms with E-state index in [1.807, 2.05) is 0 Å². The summed E-state index contributed by atoms with van der Waals surface area (Å²) in [5.74, 6) is -0.467. The SMILES string of the molecule is COc1cc(/C=N\NC(=O)C(=O)Nc2ccc(Cl)cc2C)cc(OC)c1OC. The van der Waals surface area contributed by atoms with Crippen LogP contribution in [-0.4, -0.2) is 39.4 Å². The predicted octanol–water partition coefficient (Wildman–Crippen LogP) is 2.76. The van der Waals surface area contributed by atoms with Crippen LogP contribution in [0, 0.1) is 6.92 Å². The molecule has 0 aliphatic carbocycles. The molecule has 2 aromatic rings. The molecule has 0 spiro atoms. The van der Waals surface area contributed by atoms with Crippen molar-refractivity contribution >= 4 is 35.3 Å². The Morgan fingerprint density at radius 1 is 1.00 bits per heavy atom. The molecule has 9 heteroatoms. The Hall–Kier alpha value is -3.26. The van der Waals surface area contributed by atoms with Gasteiger partial charge in [-0.05, 0) is 42.8 Å². The van der Waals surface area contributed by atoms with Crippen LogP contribution in [0.4, 0.5) is 5.69 Å². The second-order valence-electron chi connectivity index (χ2n) is 5.57. The van der Waals surface area contributed by atoms with E-state index in [0.717, 1.165) is 5.56 Å². The molecule has 0 aliphatic heterocycles. The molecule has 148 valence electrons. The molecule has 0 saturated heterocycles. The van der Waals surface area contributed by atoms with Gasteiger partial charge in [-0.25, -0.2) is 5.43 Å². The summed E-state index contributed by atoms with van der Waals surface area (Å²) in [6.07, 6.45) is 1.35. The maximum Gasteiger partial charge on any atom is 0.329 e. The number of carbonyl (C=O) groups is 2. The normalized spacial score (nSPS) is 10.5. The first-order valence-corrected chi connectivity index (χ1v) is 8.48. The van der Waals surface area contributed by atoms with Gasteiger partial charge in [0.25, 0.3) is 0 Å². The van der Waals surface area contributed by atoms with Gasteiger partial charge in [0.2, 0.25) is 5.75 Å². The number of benzene rings is 2. The van der Waals surface area contributed by atoms with Crippen LogP contribution >= 0.6 is 11.6 Å². The van der Waals surface area contributed by atoms with Crippen molar-refractivity contribution in [2.24, 2.45) is 5.10 Å². The molecule has 2 aromatic carbocycles. The third-order valence-corrected chi connectivity index (χ3v) is 3.94. The summed E-state index contributed by atoms with van der Waals surface area (Å²) >= 11 is 5.87. The van der Waals surface area contributed by atoms with Gasteiger partial charge in [0.1, 0.15) is 0 Å². The van der Waals surface area contributed by atoms with Crippen LogP contribution in [0.15, 0.2) is 35.4 Å². The van der Waals surface area contributed by atoms with Crippen LogP contribution in [0.3, 0.4) is 0 Å². The minimum absolute atomic E-state index is 0.434. The third-order valence-electron chi connectivity index (χ3n) is 3.71. The van der Waals surface area contributed by atoms with Crippen LogP contribution in [0.5, 0.6) is 17.2 Å². The second-order valence-corrected chi connectivity index (χ2v) is 6.01. The summed E-state index contributed by atoms with van der Waals surface area (Å²) < 4.78 is 15.7. The van der Waals surface area contributed by atoms with Crippen molar-refractivity contribution in [2.75, 3.05) is 26.6 Å². The van der Waals surface area contributed by atoms with E-state index < -0.39 is 11.8 Å². The molecule has 0 bridgehead atoms. The lowest BCUT2D eigenvalue weighted by molar-refractivity contribution is -0.136. The van der Waals surface area contributed by atoms with E-state index in [4.69, 9.17) is 25.8 Å². The first-order valence-electron chi connectivity index (χ1n) is 8.10. The summed E-state index contributed by atoms with van der Waals surface area (Å²) in [6, 6.07) is 8.20. The Kier molecular flexibility index (Phi) is 7.22. The first kappa shape index (κ1) is 21.0. The number of hydrogen-bond acceptors (Lipinski definition) is 6. The lowest BCUT2D eigenvalue weighted by Gasteiger charge is -2.12. The van der Waals surface area contributed by atoms with Gasteiger partial charge in [-0.15, -0.1) is 0 Å². The van der Waals surface area contributed by atoms with Gasteiger partial charge >= 0.3 is 11.8 Å². The Bertz CT molecular complexity index is 889. The maximum atomic E-state index is 12.0. The average molecular weight is 406 g/mol. The van der Waals surface area contributed by atoms with Crippen molar-refractivity contribution < 1.29 is 23.8 Å². The third kappa shape index (κ3) is 5.14. The molecule has 0 radical (unpaired) electrons. The van der Waals surface area contributed by atoms with Crippen LogP contribution in [0.25, 0.3) is 0 Å². The van der Waals surface area contributed by atoms with E-state index in [2.05, 4.69) is 15.8 Å². The van der Waals surface area contributed by atoms with Gasteiger partial charge in [-0.3, -0.25) is 9.59 Å². The van der Waals surface area contributed by atoms with Gasteiger partial charge in [0.15, 0.2) is 11.5 Å². The zero-order valence-corrected chi connectivity index (χ0v) is 16.6. The predicted molar refractivity (Wildman–Crippen MR) is 107 cm³/mol. The van der Waals surface area contributed by atoms with Crippen LogP contribution in [0.1, 0.15) is 11.1 Å². The van der Waals surface area contributed by atoms with Gasteiger partial charge in [0.05, 0.1) is 27.5 Å².